The molecule has 1 aliphatic rings. The van der Waals surface area contributed by atoms with Crippen molar-refractivity contribution in [2.75, 3.05) is 38.1 Å². The van der Waals surface area contributed by atoms with Crippen molar-refractivity contribution in [3.05, 3.63) is 29.8 Å². The summed E-state index contributed by atoms with van der Waals surface area (Å²) < 4.78 is 5.30. The average Bonchev–Trinajstić information content (AvgIpc) is 2.98. The Labute approximate surface area is 117 Å². The molecule has 102 valence electrons. The van der Waals surface area contributed by atoms with E-state index in [2.05, 4.69) is 33.1 Å². The summed E-state index contributed by atoms with van der Waals surface area (Å²) >= 11 is 0. The molecule has 0 atom stereocenters. The second kappa shape index (κ2) is 5.31. The Kier molecular flexibility index (Phi) is 3.35. The van der Waals surface area contributed by atoms with Gasteiger partial charge in [0.2, 0.25) is 0 Å². The van der Waals surface area contributed by atoms with Crippen molar-refractivity contribution >= 4 is 5.95 Å². The Hall–Kier alpha value is -2.39. The van der Waals surface area contributed by atoms with Crippen LogP contribution in [0.5, 0.6) is 0 Å². The number of hydrogen-bond acceptors (Lipinski definition) is 6. The number of nitrogens with zero attached hydrogens (tertiary/aromatic N) is 5. The number of aromatic nitrogens is 2. The van der Waals surface area contributed by atoms with E-state index in [1.807, 2.05) is 12.1 Å². The lowest BCUT2D eigenvalue weighted by Gasteiger charge is -2.31. The van der Waals surface area contributed by atoms with Crippen molar-refractivity contribution in [3.8, 4) is 17.5 Å². The molecule has 1 aromatic carbocycles. The fraction of sp³-hybridized carbons (Fsp3) is 0.357. The molecule has 6 nitrogen and oxygen atoms in total. The van der Waals surface area contributed by atoms with Gasteiger partial charge in [-0.1, -0.05) is 6.07 Å². The maximum Gasteiger partial charge on any atom is 0.266 e. The van der Waals surface area contributed by atoms with Gasteiger partial charge in [0, 0.05) is 31.7 Å². The molecular formula is C14H15N5O. The number of piperazine rings is 1. The Morgan fingerprint density at radius 3 is 2.80 bits per heavy atom. The maximum absolute atomic E-state index is 8.91. The van der Waals surface area contributed by atoms with Gasteiger partial charge >= 0.3 is 0 Å². The summed E-state index contributed by atoms with van der Waals surface area (Å²) in [6.07, 6.45) is 0. The lowest BCUT2D eigenvalue weighted by atomic mass is 10.1. The molecule has 20 heavy (non-hydrogen) atoms. The number of rotatable bonds is 2. The van der Waals surface area contributed by atoms with Crippen LogP contribution in [0.2, 0.25) is 0 Å². The molecule has 1 saturated heterocycles. The van der Waals surface area contributed by atoms with Crippen LogP contribution in [0.3, 0.4) is 0 Å². The summed E-state index contributed by atoms with van der Waals surface area (Å²) in [5.41, 5.74) is 1.36. The second-order valence-electron chi connectivity index (χ2n) is 4.88. The SMILES string of the molecule is CN1CCN(c2noc(-c3cccc(C#N)c3)n2)CC1. The van der Waals surface area contributed by atoms with E-state index in [9.17, 15) is 0 Å². The van der Waals surface area contributed by atoms with Crippen molar-refractivity contribution in [1.82, 2.24) is 15.0 Å². The highest BCUT2D eigenvalue weighted by molar-refractivity contribution is 5.57. The van der Waals surface area contributed by atoms with E-state index >= 15 is 0 Å². The molecule has 0 unspecified atom stereocenters. The van der Waals surface area contributed by atoms with E-state index in [0.29, 0.717) is 17.4 Å². The van der Waals surface area contributed by atoms with Crippen LogP contribution in [-0.2, 0) is 0 Å². The monoisotopic (exact) mass is 269 g/mol. The van der Waals surface area contributed by atoms with Crippen LogP contribution in [-0.4, -0.2) is 48.3 Å². The molecule has 0 amide bonds. The number of nitriles is 1. The molecule has 2 aromatic rings. The highest BCUT2D eigenvalue weighted by atomic mass is 16.5. The molecule has 1 fully saturated rings. The minimum atomic E-state index is 0.455. The standard InChI is InChI=1S/C14H15N5O/c1-18-5-7-19(8-6-18)14-16-13(20-17-14)12-4-2-3-11(9-12)10-15/h2-4,9H,5-8H2,1H3. The molecule has 3 rings (SSSR count). The Balaban J connectivity index is 1.81. The quantitative estimate of drug-likeness (QED) is 0.820. The van der Waals surface area contributed by atoms with Crippen LogP contribution in [0, 0.1) is 11.3 Å². The number of anilines is 1. The van der Waals surface area contributed by atoms with Gasteiger partial charge in [0.1, 0.15) is 0 Å². The van der Waals surface area contributed by atoms with Gasteiger partial charge in [-0.15, -0.1) is 0 Å². The van der Waals surface area contributed by atoms with Crippen LogP contribution in [0.1, 0.15) is 5.56 Å². The third-order valence-electron chi connectivity index (χ3n) is 3.44. The summed E-state index contributed by atoms with van der Waals surface area (Å²) in [5, 5.41) is 12.9. The summed E-state index contributed by atoms with van der Waals surface area (Å²) in [5.74, 6) is 1.08. The van der Waals surface area contributed by atoms with Crippen LogP contribution >= 0.6 is 0 Å². The van der Waals surface area contributed by atoms with E-state index < -0.39 is 0 Å². The largest absolute Gasteiger partial charge is 0.336 e. The molecule has 1 aliphatic heterocycles. The van der Waals surface area contributed by atoms with Gasteiger partial charge < -0.3 is 14.3 Å². The van der Waals surface area contributed by atoms with Gasteiger partial charge in [0.05, 0.1) is 11.6 Å². The fourth-order valence-electron chi connectivity index (χ4n) is 2.19. The number of likely N-dealkylation sites (N-methyl/N-ethyl adjacent to an activating group) is 1. The normalized spacial score (nSPS) is 16.1. The second-order valence-corrected chi connectivity index (χ2v) is 4.88. The van der Waals surface area contributed by atoms with Crippen LogP contribution in [0.25, 0.3) is 11.5 Å². The third kappa shape index (κ3) is 2.49. The summed E-state index contributed by atoms with van der Waals surface area (Å²) in [6.45, 7) is 3.78. The molecule has 0 radical (unpaired) electrons. The molecule has 6 heteroatoms. The van der Waals surface area contributed by atoms with Crippen LogP contribution in [0.4, 0.5) is 5.95 Å². The van der Waals surface area contributed by atoms with Gasteiger partial charge in [-0.3, -0.25) is 0 Å². The first kappa shape index (κ1) is 12.6. The molecular weight excluding hydrogens is 254 g/mol. The van der Waals surface area contributed by atoms with Crippen LogP contribution < -0.4 is 4.90 Å². The summed E-state index contributed by atoms with van der Waals surface area (Å²) in [7, 11) is 2.10. The van der Waals surface area contributed by atoms with Gasteiger partial charge in [-0.2, -0.15) is 10.2 Å². The van der Waals surface area contributed by atoms with E-state index in [1.165, 1.54) is 0 Å². The van der Waals surface area contributed by atoms with Gasteiger partial charge in [0.25, 0.3) is 11.8 Å². The molecule has 0 saturated carbocycles. The smallest absolute Gasteiger partial charge is 0.266 e. The zero-order valence-electron chi connectivity index (χ0n) is 11.3. The average molecular weight is 269 g/mol. The molecule has 0 spiro atoms. The third-order valence-corrected chi connectivity index (χ3v) is 3.44. The zero-order chi connectivity index (χ0) is 13.9. The van der Waals surface area contributed by atoms with Gasteiger partial charge in [-0.25, -0.2) is 0 Å². The number of benzene rings is 1. The van der Waals surface area contributed by atoms with E-state index in [4.69, 9.17) is 9.78 Å². The van der Waals surface area contributed by atoms with Crippen molar-refractivity contribution in [2.24, 2.45) is 0 Å². The molecule has 0 bridgehead atoms. The first-order chi connectivity index (χ1) is 9.76. The number of hydrogen-bond donors (Lipinski definition) is 0. The minimum Gasteiger partial charge on any atom is -0.336 e. The maximum atomic E-state index is 8.91. The van der Waals surface area contributed by atoms with Crippen molar-refractivity contribution in [3.63, 3.8) is 0 Å². The summed E-state index contributed by atoms with van der Waals surface area (Å²) in [6, 6.07) is 9.29. The Morgan fingerprint density at radius 2 is 2.05 bits per heavy atom. The Bertz CT molecular complexity index is 637. The fourth-order valence-corrected chi connectivity index (χ4v) is 2.19. The van der Waals surface area contributed by atoms with Gasteiger partial charge in [-0.05, 0) is 30.4 Å². The zero-order valence-corrected chi connectivity index (χ0v) is 11.3. The highest BCUT2D eigenvalue weighted by Crippen LogP contribution is 2.21. The first-order valence-corrected chi connectivity index (χ1v) is 6.54. The molecule has 0 aliphatic carbocycles. The molecule has 0 N–H and O–H groups in total. The molecule has 2 heterocycles. The minimum absolute atomic E-state index is 0.455. The van der Waals surface area contributed by atoms with Crippen LogP contribution in [0.15, 0.2) is 28.8 Å². The lowest BCUT2D eigenvalue weighted by Crippen LogP contribution is -2.44. The highest BCUT2D eigenvalue weighted by Gasteiger charge is 2.19. The van der Waals surface area contributed by atoms with Crippen molar-refractivity contribution < 1.29 is 4.52 Å². The van der Waals surface area contributed by atoms with Crippen molar-refractivity contribution in [2.45, 2.75) is 0 Å². The van der Waals surface area contributed by atoms with E-state index in [0.717, 1.165) is 31.7 Å². The Morgan fingerprint density at radius 1 is 1.25 bits per heavy atom. The summed E-state index contributed by atoms with van der Waals surface area (Å²) in [4.78, 5) is 8.81. The predicted octanol–water partition coefficient (Wildman–Crippen LogP) is 1.36. The van der Waals surface area contributed by atoms with E-state index in [-0.39, 0.29) is 0 Å². The molecule has 1 aromatic heterocycles. The van der Waals surface area contributed by atoms with E-state index in [1.54, 1.807) is 12.1 Å². The van der Waals surface area contributed by atoms with Gasteiger partial charge in [0.15, 0.2) is 0 Å². The lowest BCUT2D eigenvalue weighted by molar-refractivity contribution is 0.309. The first-order valence-electron chi connectivity index (χ1n) is 6.54. The van der Waals surface area contributed by atoms with Crippen molar-refractivity contribution in [1.29, 1.82) is 5.26 Å². The topological polar surface area (TPSA) is 69.2 Å². The predicted molar refractivity (Wildman–Crippen MR) is 74.2 cm³/mol.